The summed E-state index contributed by atoms with van der Waals surface area (Å²) >= 11 is 0. The van der Waals surface area contributed by atoms with Crippen LogP contribution >= 0.6 is 0 Å². The largest absolute Gasteiger partial charge is 0.465 e. The van der Waals surface area contributed by atoms with Crippen molar-refractivity contribution in [2.45, 2.75) is 12.8 Å². The number of carboxylic acid groups (broad SMARTS) is 1. The monoisotopic (exact) mass is 218 g/mol. The Morgan fingerprint density at radius 3 is 3.00 bits per heavy atom. The lowest BCUT2D eigenvalue weighted by molar-refractivity contribution is 0.194. The molecule has 1 heterocycles. The molecule has 0 aliphatic heterocycles. The molecule has 84 valence electrons. The molecule has 0 aliphatic rings. The standard InChI is InChI=1S/C12H14N2O2/c15-12(16)13-7-3-4-9-8-14-11-6-2-1-5-10(9)11/h1-2,5-6,8,13-14H,3-4,7H2,(H,15,16). The Morgan fingerprint density at radius 2 is 2.19 bits per heavy atom. The minimum absolute atomic E-state index is 0.495. The topological polar surface area (TPSA) is 65.1 Å². The van der Waals surface area contributed by atoms with Crippen LogP contribution in [-0.2, 0) is 6.42 Å². The fraction of sp³-hybridized carbons (Fsp3) is 0.250. The number of rotatable bonds is 4. The zero-order chi connectivity index (χ0) is 11.4. The van der Waals surface area contributed by atoms with Crippen LogP contribution in [0.15, 0.2) is 30.5 Å². The summed E-state index contributed by atoms with van der Waals surface area (Å²) in [5, 5.41) is 12.0. The first-order valence-corrected chi connectivity index (χ1v) is 5.29. The van der Waals surface area contributed by atoms with Crippen molar-refractivity contribution in [1.29, 1.82) is 0 Å². The Balaban J connectivity index is 1.97. The molecule has 2 rings (SSSR count). The smallest absolute Gasteiger partial charge is 0.404 e. The van der Waals surface area contributed by atoms with Gasteiger partial charge in [0.05, 0.1) is 0 Å². The molecule has 0 atom stereocenters. The Morgan fingerprint density at radius 1 is 1.38 bits per heavy atom. The number of fused-ring (bicyclic) bond motifs is 1. The summed E-state index contributed by atoms with van der Waals surface area (Å²) in [7, 11) is 0. The van der Waals surface area contributed by atoms with E-state index in [1.165, 1.54) is 10.9 Å². The molecule has 4 nitrogen and oxygen atoms in total. The van der Waals surface area contributed by atoms with E-state index in [4.69, 9.17) is 5.11 Å². The molecule has 0 spiro atoms. The number of amides is 1. The van der Waals surface area contributed by atoms with Gasteiger partial charge in [0.1, 0.15) is 0 Å². The van der Waals surface area contributed by atoms with Crippen LogP contribution in [0.4, 0.5) is 4.79 Å². The summed E-state index contributed by atoms with van der Waals surface area (Å²) in [6, 6.07) is 8.11. The maximum absolute atomic E-state index is 10.3. The number of benzene rings is 1. The van der Waals surface area contributed by atoms with E-state index in [9.17, 15) is 4.79 Å². The number of H-pyrrole nitrogens is 1. The Kier molecular flexibility index (Phi) is 3.10. The molecule has 0 radical (unpaired) electrons. The molecule has 1 aromatic carbocycles. The fourth-order valence-corrected chi connectivity index (χ4v) is 1.81. The number of carbonyl (C=O) groups is 1. The molecule has 0 aliphatic carbocycles. The van der Waals surface area contributed by atoms with Crippen molar-refractivity contribution in [3.8, 4) is 0 Å². The van der Waals surface area contributed by atoms with Crippen molar-refractivity contribution in [2.24, 2.45) is 0 Å². The third-order valence-electron chi connectivity index (χ3n) is 2.57. The molecule has 0 bridgehead atoms. The van der Waals surface area contributed by atoms with Gasteiger partial charge in [0.15, 0.2) is 0 Å². The van der Waals surface area contributed by atoms with Crippen LogP contribution in [0.2, 0.25) is 0 Å². The number of nitrogens with one attached hydrogen (secondary N) is 2. The van der Waals surface area contributed by atoms with Crippen molar-refractivity contribution in [3.63, 3.8) is 0 Å². The lowest BCUT2D eigenvalue weighted by Crippen LogP contribution is -2.22. The molecule has 0 fully saturated rings. The second-order valence-electron chi connectivity index (χ2n) is 3.69. The predicted octanol–water partition coefficient (Wildman–Crippen LogP) is 2.37. The molecule has 0 saturated heterocycles. The van der Waals surface area contributed by atoms with Crippen molar-refractivity contribution < 1.29 is 9.90 Å². The van der Waals surface area contributed by atoms with Gasteiger partial charge in [-0.05, 0) is 24.5 Å². The maximum atomic E-state index is 10.3. The first kappa shape index (κ1) is 10.5. The van der Waals surface area contributed by atoms with Crippen LogP contribution in [0.25, 0.3) is 10.9 Å². The van der Waals surface area contributed by atoms with Crippen LogP contribution in [0.1, 0.15) is 12.0 Å². The number of aromatic amines is 1. The Hall–Kier alpha value is -1.97. The Labute approximate surface area is 93.3 Å². The number of hydrogen-bond donors (Lipinski definition) is 3. The van der Waals surface area contributed by atoms with Crippen LogP contribution in [0, 0.1) is 0 Å². The molecule has 1 amide bonds. The number of aryl methyl sites for hydroxylation is 1. The molecular formula is C12H14N2O2. The van der Waals surface area contributed by atoms with Crippen molar-refractivity contribution >= 4 is 17.0 Å². The first-order valence-electron chi connectivity index (χ1n) is 5.29. The second-order valence-corrected chi connectivity index (χ2v) is 3.69. The van der Waals surface area contributed by atoms with E-state index in [1.54, 1.807) is 0 Å². The summed E-state index contributed by atoms with van der Waals surface area (Å²) in [5.41, 5.74) is 2.37. The van der Waals surface area contributed by atoms with Gasteiger partial charge in [-0.25, -0.2) is 4.79 Å². The van der Waals surface area contributed by atoms with E-state index < -0.39 is 6.09 Å². The van der Waals surface area contributed by atoms with Crippen molar-refractivity contribution in [1.82, 2.24) is 10.3 Å². The van der Waals surface area contributed by atoms with E-state index in [1.807, 2.05) is 24.4 Å². The highest BCUT2D eigenvalue weighted by Gasteiger charge is 2.02. The van der Waals surface area contributed by atoms with Gasteiger partial charge in [-0.15, -0.1) is 0 Å². The summed E-state index contributed by atoms with van der Waals surface area (Å²) in [5.74, 6) is 0. The Bertz CT molecular complexity index is 490. The third kappa shape index (κ3) is 2.34. The lowest BCUT2D eigenvalue weighted by atomic mass is 10.1. The number of para-hydroxylation sites is 1. The molecule has 4 heteroatoms. The van der Waals surface area contributed by atoms with Gasteiger partial charge >= 0.3 is 6.09 Å². The van der Waals surface area contributed by atoms with Gasteiger partial charge in [-0.3, -0.25) is 0 Å². The van der Waals surface area contributed by atoms with E-state index in [2.05, 4.69) is 16.4 Å². The molecule has 2 aromatic rings. The van der Waals surface area contributed by atoms with Gasteiger partial charge in [-0.1, -0.05) is 18.2 Å². The highest BCUT2D eigenvalue weighted by molar-refractivity contribution is 5.83. The highest BCUT2D eigenvalue weighted by atomic mass is 16.4. The van der Waals surface area contributed by atoms with Crippen molar-refractivity contribution in [2.75, 3.05) is 6.54 Å². The third-order valence-corrected chi connectivity index (χ3v) is 2.57. The maximum Gasteiger partial charge on any atom is 0.404 e. The van der Waals surface area contributed by atoms with Gasteiger partial charge in [0.25, 0.3) is 0 Å². The second kappa shape index (κ2) is 4.70. The van der Waals surface area contributed by atoms with E-state index in [0.717, 1.165) is 18.4 Å². The van der Waals surface area contributed by atoms with E-state index in [0.29, 0.717) is 6.54 Å². The lowest BCUT2D eigenvalue weighted by Gasteiger charge is -2.00. The van der Waals surface area contributed by atoms with Crippen LogP contribution in [-0.4, -0.2) is 22.7 Å². The molecule has 16 heavy (non-hydrogen) atoms. The van der Waals surface area contributed by atoms with E-state index >= 15 is 0 Å². The summed E-state index contributed by atoms with van der Waals surface area (Å²) < 4.78 is 0. The fourth-order valence-electron chi connectivity index (χ4n) is 1.81. The SMILES string of the molecule is O=C(O)NCCCc1c[nH]c2ccccc12. The minimum Gasteiger partial charge on any atom is -0.465 e. The zero-order valence-electron chi connectivity index (χ0n) is 8.86. The van der Waals surface area contributed by atoms with Gasteiger partial charge in [-0.2, -0.15) is 0 Å². The summed E-state index contributed by atoms with van der Waals surface area (Å²) in [6.45, 7) is 0.495. The highest BCUT2D eigenvalue weighted by Crippen LogP contribution is 2.18. The normalized spacial score (nSPS) is 10.5. The molecule has 1 aromatic heterocycles. The number of hydrogen-bond acceptors (Lipinski definition) is 1. The first-order chi connectivity index (χ1) is 7.77. The zero-order valence-corrected chi connectivity index (χ0v) is 8.86. The van der Waals surface area contributed by atoms with Crippen molar-refractivity contribution in [3.05, 3.63) is 36.0 Å². The van der Waals surface area contributed by atoms with Crippen LogP contribution < -0.4 is 5.32 Å². The molecule has 0 saturated carbocycles. The average molecular weight is 218 g/mol. The molecule has 3 N–H and O–H groups in total. The molecule has 0 unspecified atom stereocenters. The quantitative estimate of drug-likeness (QED) is 0.690. The molecular weight excluding hydrogens is 204 g/mol. The van der Waals surface area contributed by atoms with E-state index in [-0.39, 0.29) is 0 Å². The van der Waals surface area contributed by atoms with Gasteiger partial charge in [0, 0.05) is 23.6 Å². The minimum atomic E-state index is -0.959. The van der Waals surface area contributed by atoms with Crippen LogP contribution in [0.3, 0.4) is 0 Å². The van der Waals surface area contributed by atoms with Gasteiger partial charge in [0.2, 0.25) is 0 Å². The average Bonchev–Trinajstić information content (AvgIpc) is 2.68. The summed E-state index contributed by atoms with van der Waals surface area (Å²) in [4.78, 5) is 13.5. The number of aromatic nitrogens is 1. The predicted molar refractivity (Wildman–Crippen MR) is 62.6 cm³/mol. The summed E-state index contributed by atoms with van der Waals surface area (Å²) in [6.07, 6.45) is 2.73. The van der Waals surface area contributed by atoms with Crippen LogP contribution in [0.5, 0.6) is 0 Å². The van der Waals surface area contributed by atoms with Gasteiger partial charge < -0.3 is 15.4 Å².